The van der Waals surface area contributed by atoms with Crippen LogP contribution in [0.1, 0.15) is 5.56 Å². The molecule has 0 aliphatic carbocycles. The van der Waals surface area contributed by atoms with Crippen molar-refractivity contribution in [2.24, 2.45) is 0 Å². The molecule has 3 aromatic carbocycles. The normalized spacial score (nSPS) is 12.3. The molecule has 0 atom stereocenters. The minimum absolute atomic E-state index is 0.00644. The minimum Gasteiger partial charge on any atom is -0.325 e. The van der Waals surface area contributed by atoms with E-state index in [2.05, 4.69) is 10.0 Å². The van der Waals surface area contributed by atoms with Crippen molar-refractivity contribution >= 4 is 42.4 Å². The van der Waals surface area contributed by atoms with Crippen molar-refractivity contribution in [3.05, 3.63) is 66.2 Å². The number of sulfonamides is 2. The first-order chi connectivity index (χ1) is 14.5. The van der Waals surface area contributed by atoms with Gasteiger partial charge in [-0.2, -0.15) is 4.31 Å². The fourth-order valence-corrected chi connectivity index (χ4v) is 4.92. The number of rotatable bonds is 7. The van der Waals surface area contributed by atoms with Gasteiger partial charge in [-0.1, -0.05) is 36.4 Å². The maximum absolute atomic E-state index is 12.9. The Morgan fingerprint density at radius 3 is 2.23 bits per heavy atom. The quantitative estimate of drug-likeness (QED) is 0.561. The molecular formula is C21H23N3O5S2. The Morgan fingerprint density at radius 2 is 1.55 bits per heavy atom. The van der Waals surface area contributed by atoms with Crippen LogP contribution in [0.25, 0.3) is 10.8 Å². The van der Waals surface area contributed by atoms with Gasteiger partial charge in [-0.15, -0.1) is 0 Å². The summed E-state index contributed by atoms with van der Waals surface area (Å²) >= 11 is 0. The van der Waals surface area contributed by atoms with Crippen molar-refractivity contribution in [3.8, 4) is 0 Å². The number of nitrogens with one attached hydrogen (secondary N) is 2. The molecule has 2 N–H and O–H groups in total. The summed E-state index contributed by atoms with van der Waals surface area (Å²) in [6, 6.07) is 16.5. The Balaban J connectivity index is 1.79. The van der Waals surface area contributed by atoms with E-state index in [1.807, 2.05) is 24.3 Å². The number of carbonyl (C=O) groups is 1. The standard InChI is InChI=1S/C21H23N3O5S2/c1-15-8-10-18(30(26,27)22-2)13-20(15)23-21(25)14-24(3)31(28,29)19-11-9-16-6-4-5-7-17(16)12-19/h4-13,22H,14H2,1-3H3,(H,23,25). The number of nitrogens with zero attached hydrogens (tertiary/aromatic N) is 1. The molecule has 3 aromatic rings. The molecule has 0 bridgehead atoms. The second kappa shape index (κ2) is 8.75. The molecule has 10 heteroatoms. The lowest BCUT2D eigenvalue weighted by molar-refractivity contribution is -0.116. The third kappa shape index (κ3) is 4.93. The van der Waals surface area contributed by atoms with Crippen LogP contribution < -0.4 is 10.0 Å². The van der Waals surface area contributed by atoms with E-state index in [1.165, 1.54) is 32.3 Å². The summed E-state index contributed by atoms with van der Waals surface area (Å²) in [4.78, 5) is 12.6. The third-order valence-corrected chi connectivity index (χ3v) is 8.07. The summed E-state index contributed by atoms with van der Waals surface area (Å²) in [5, 5.41) is 4.28. The molecule has 0 unspecified atom stereocenters. The van der Waals surface area contributed by atoms with Crippen molar-refractivity contribution in [2.45, 2.75) is 16.7 Å². The van der Waals surface area contributed by atoms with Crippen molar-refractivity contribution in [1.82, 2.24) is 9.03 Å². The van der Waals surface area contributed by atoms with Crippen molar-refractivity contribution in [3.63, 3.8) is 0 Å². The zero-order valence-electron chi connectivity index (χ0n) is 17.3. The molecule has 0 saturated carbocycles. The smallest absolute Gasteiger partial charge is 0.243 e. The number of amides is 1. The van der Waals surface area contributed by atoms with Crippen LogP contribution in [0.4, 0.5) is 5.69 Å². The molecule has 0 aliphatic heterocycles. The molecule has 0 radical (unpaired) electrons. The molecule has 1 amide bonds. The summed E-state index contributed by atoms with van der Waals surface area (Å²) in [5.41, 5.74) is 0.932. The van der Waals surface area contributed by atoms with E-state index < -0.39 is 32.5 Å². The summed E-state index contributed by atoms with van der Waals surface area (Å²) < 4.78 is 53.0. The molecule has 31 heavy (non-hydrogen) atoms. The predicted octanol–water partition coefficient (Wildman–Crippen LogP) is 2.32. The predicted molar refractivity (Wildman–Crippen MR) is 120 cm³/mol. The molecular weight excluding hydrogens is 438 g/mol. The summed E-state index contributed by atoms with van der Waals surface area (Å²) in [6.45, 7) is 1.28. The maximum atomic E-state index is 12.9. The Bertz CT molecular complexity index is 1350. The molecule has 0 fully saturated rings. The van der Waals surface area contributed by atoms with Gasteiger partial charge in [-0.05, 0) is 54.6 Å². The monoisotopic (exact) mass is 461 g/mol. The van der Waals surface area contributed by atoms with Gasteiger partial charge < -0.3 is 5.32 Å². The van der Waals surface area contributed by atoms with E-state index in [1.54, 1.807) is 25.1 Å². The van der Waals surface area contributed by atoms with E-state index >= 15 is 0 Å². The third-order valence-electron chi connectivity index (χ3n) is 4.86. The lowest BCUT2D eigenvalue weighted by Gasteiger charge is -2.18. The molecule has 8 nitrogen and oxygen atoms in total. The zero-order chi connectivity index (χ0) is 22.8. The van der Waals surface area contributed by atoms with Gasteiger partial charge in [0.25, 0.3) is 0 Å². The van der Waals surface area contributed by atoms with E-state index in [-0.39, 0.29) is 15.5 Å². The molecule has 0 aromatic heterocycles. The lowest BCUT2D eigenvalue weighted by atomic mass is 10.1. The van der Waals surface area contributed by atoms with Crippen LogP contribution in [0.3, 0.4) is 0 Å². The number of hydrogen-bond donors (Lipinski definition) is 2. The first-order valence-electron chi connectivity index (χ1n) is 9.34. The van der Waals surface area contributed by atoms with E-state index in [0.717, 1.165) is 15.1 Å². The highest BCUT2D eigenvalue weighted by atomic mass is 32.2. The van der Waals surface area contributed by atoms with Crippen LogP contribution in [0.5, 0.6) is 0 Å². The van der Waals surface area contributed by atoms with Gasteiger partial charge >= 0.3 is 0 Å². The van der Waals surface area contributed by atoms with Crippen LogP contribution >= 0.6 is 0 Å². The molecule has 0 spiro atoms. The number of aryl methyl sites for hydroxylation is 1. The first kappa shape index (κ1) is 22.9. The molecule has 0 aliphatic rings. The molecule has 164 valence electrons. The highest BCUT2D eigenvalue weighted by Crippen LogP contribution is 2.22. The Hall–Kier alpha value is -2.79. The highest BCUT2D eigenvalue weighted by Gasteiger charge is 2.24. The van der Waals surface area contributed by atoms with Gasteiger partial charge in [0.05, 0.1) is 16.3 Å². The number of anilines is 1. The second-order valence-electron chi connectivity index (χ2n) is 7.00. The highest BCUT2D eigenvalue weighted by molar-refractivity contribution is 7.89. The summed E-state index contributed by atoms with van der Waals surface area (Å²) in [7, 11) is -4.97. The lowest BCUT2D eigenvalue weighted by Crippen LogP contribution is -2.35. The van der Waals surface area contributed by atoms with E-state index in [4.69, 9.17) is 0 Å². The van der Waals surface area contributed by atoms with Crippen LogP contribution in [0, 0.1) is 6.92 Å². The molecule has 0 heterocycles. The minimum atomic E-state index is -3.90. The Kier molecular flexibility index (Phi) is 6.46. The Morgan fingerprint density at radius 1 is 0.903 bits per heavy atom. The number of likely N-dealkylation sites (N-methyl/N-ethyl adjacent to an activating group) is 1. The fourth-order valence-electron chi connectivity index (χ4n) is 3.01. The van der Waals surface area contributed by atoms with E-state index in [9.17, 15) is 21.6 Å². The second-order valence-corrected chi connectivity index (χ2v) is 10.9. The van der Waals surface area contributed by atoms with Crippen LogP contribution in [0.15, 0.2) is 70.5 Å². The molecule has 3 rings (SSSR count). The summed E-state index contributed by atoms with van der Waals surface area (Å²) in [6.07, 6.45) is 0. The first-order valence-corrected chi connectivity index (χ1v) is 12.3. The van der Waals surface area contributed by atoms with Gasteiger partial charge in [-0.3, -0.25) is 4.79 Å². The van der Waals surface area contributed by atoms with Gasteiger partial charge in [-0.25, -0.2) is 21.6 Å². The van der Waals surface area contributed by atoms with Crippen molar-refractivity contribution in [2.75, 3.05) is 26.0 Å². The van der Waals surface area contributed by atoms with Crippen molar-refractivity contribution < 1.29 is 21.6 Å². The van der Waals surface area contributed by atoms with Crippen LogP contribution in [-0.4, -0.2) is 47.7 Å². The SMILES string of the molecule is CNS(=O)(=O)c1ccc(C)c(NC(=O)CN(C)S(=O)(=O)c2ccc3ccccc3c2)c1. The number of carbonyl (C=O) groups excluding carboxylic acids is 1. The number of hydrogen-bond acceptors (Lipinski definition) is 5. The average Bonchev–Trinajstić information content (AvgIpc) is 2.74. The topological polar surface area (TPSA) is 113 Å². The zero-order valence-corrected chi connectivity index (χ0v) is 18.9. The van der Waals surface area contributed by atoms with Gasteiger partial charge in [0.15, 0.2) is 0 Å². The number of fused-ring (bicyclic) bond motifs is 1. The average molecular weight is 462 g/mol. The Labute approximate surface area is 182 Å². The van der Waals surface area contributed by atoms with Gasteiger partial charge in [0, 0.05) is 12.7 Å². The summed E-state index contributed by atoms with van der Waals surface area (Å²) in [5.74, 6) is -0.589. The fraction of sp³-hybridized carbons (Fsp3) is 0.190. The molecule has 0 saturated heterocycles. The van der Waals surface area contributed by atoms with Gasteiger partial charge in [0.2, 0.25) is 26.0 Å². The largest absolute Gasteiger partial charge is 0.325 e. The van der Waals surface area contributed by atoms with E-state index in [0.29, 0.717) is 5.56 Å². The van der Waals surface area contributed by atoms with Crippen molar-refractivity contribution in [1.29, 1.82) is 0 Å². The van der Waals surface area contributed by atoms with Crippen LogP contribution in [-0.2, 0) is 24.8 Å². The maximum Gasteiger partial charge on any atom is 0.243 e. The van der Waals surface area contributed by atoms with Gasteiger partial charge in [0.1, 0.15) is 0 Å². The number of benzene rings is 3. The van der Waals surface area contributed by atoms with Crippen LogP contribution in [0.2, 0.25) is 0 Å².